The van der Waals surface area contributed by atoms with Gasteiger partial charge in [0.25, 0.3) is 0 Å². The van der Waals surface area contributed by atoms with Gasteiger partial charge in [0.2, 0.25) is 5.91 Å². The number of rotatable bonds is 1. The van der Waals surface area contributed by atoms with Gasteiger partial charge in [-0.1, -0.05) is 32.9 Å². The minimum Gasteiger partial charge on any atom is -0.326 e. The molecule has 1 N–H and O–H groups in total. The van der Waals surface area contributed by atoms with Crippen LogP contribution in [-0.2, 0) is 17.6 Å². The first-order valence-corrected chi connectivity index (χ1v) is 5.21. The maximum atomic E-state index is 11.0. The molecular formula is C12H19NO. The van der Waals surface area contributed by atoms with Crippen molar-refractivity contribution < 1.29 is 6.22 Å². The number of anilines is 1. The molecule has 1 aromatic carbocycles. The van der Waals surface area contributed by atoms with Crippen molar-refractivity contribution in [2.75, 3.05) is 5.32 Å². The van der Waals surface area contributed by atoms with Crippen LogP contribution < -0.4 is 5.32 Å². The summed E-state index contributed by atoms with van der Waals surface area (Å²) < 4.78 is 0. The zero-order valence-electron chi connectivity index (χ0n) is 9.05. The van der Waals surface area contributed by atoms with Crippen LogP contribution in [0.25, 0.3) is 0 Å². The second-order valence-electron chi connectivity index (χ2n) is 3.07. The molecule has 2 nitrogen and oxygen atoms in total. The zero-order valence-corrected chi connectivity index (χ0v) is 9.05. The molecule has 0 saturated heterocycles. The average molecular weight is 193 g/mol. The summed E-state index contributed by atoms with van der Waals surface area (Å²) in [6.07, 6.45) is 1.57. The van der Waals surface area contributed by atoms with Crippen LogP contribution in [0.5, 0.6) is 0 Å². The fraction of sp³-hybridized carbons (Fsp3) is 0.417. The van der Waals surface area contributed by atoms with E-state index in [-0.39, 0.29) is 7.33 Å². The van der Waals surface area contributed by atoms with Crippen LogP contribution in [0.1, 0.15) is 33.3 Å². The van der Waals surface area contributed by atoms with E-state index in [9.17, 15) is 4.79 Å². The Balaban J connectivity index is 0.000000617. The van der Waals surface area contributed by atoms with Crippen molar-refractivity contribution in [1.82, 2.24) is 0 Å². The van der Waals surface area contributed by atoms with Crippen LogP contribution in [0.3, 0.4) is 0 Å². The lowest BCUT2D eigenvalue weighted by Gasteiger charge is -2.00. The predicted octanol–water partition coefficient (Wildman–Crippen LogP) is 3.02. The van der Waals surface area contributed by atoms with Crippen LogP contribution >= 0.6 is 0 Å². The minimum atomic E-state index is 0. The summed E-state index contributed by atoms with van der Waals surface area (Å²) >= 11 is 0. The fourth-order valence-corrected chi connectivity index (χ4v) is 1.50. The predicted molar refractivity (Wildman–Crippen MR) is 61.6 cm³/mol. The zero-order chi connectivity index (χ0) is 10.6. The standard InChI is InChI=1S/C10H11NO.C2H6.H2/c1-2-7-3-4-9-8(5-7)6-10(12)11-9;1-2;/h3-5H,2,6H2,1H3,(H,11,12);1-2H3;1H. The second-order valence-corrected chi connectivity index (χ2v) is 3.07. The molecule has 1 aromatic rings. The number of hydrogen-bond donors (Lipinski definition) is 1. The number of fused-ring (bicyclic) bond motifs is 1. The normalized spacial score (nSPS) is 12.6. The molecule has 2 rings (SSSR count). The maximum Gasteiger partial charge on any atom is 0.228 e. The van der Waals surface area contributed by atoms with Crippen molar-refractivity contribution in [3.63, 3.8) is 0 Å². The molecule has 1 amide bonds. The lowest BCUT2D eigenvalue weighted by molar-refractivity contribution is -0.115. The van der Waals surface area contributed by atoms with Gasteiger partial charge in [-0.3, -0.25) is 4.79 Å². The molecule has 0 aromatic heterocycles. The molecule has 0 spiro atoms. The maximum absolute atomic E-state index is 11.0. The van der Waals surface area contributed by atoms with Gasteiger partial charge >= 0.3 is 0 Å². The van der Waals surface area contributed by atoms with Gasteiger partial charge in [-0.25, -0.2) is 0 Å². The molecular weight excluding hydrogens is 174 g/mol. The van der Waals surface area contributed by atoms with Crippen molar-refractivity contribution in [3.05, 3.63) is 29.3 Å². The molecule has 0 bridgehead atoms. The summed E-state index contributed by atoms with van der Waals surface area (Å²) in [5, 5.41) is 2.81. The molecule has 14 heavy (non-hydrogen) atoms. The molecule has 0 saturated carbocycles. The largest absolute Gasteiger partial charge is 0.326 e. The molecule has 0 radical (unpaired) electrons. The van der Waals surface area contributed by atoms with Crippen LogP contribution in [0.2, 0.25) is 0 Å². The van der Waals surface area contributed by atoms with E-state index in [1.54, 1.807) is 0 Å². The van der Waals surface area contributed by atoms with Crippen molar-refractivity contribution in [3.8, 4) is 0 Å². The van der Waals surface area contributed by atoms with Gasteiger partial charge in [0.1, 0.15) is 0 Å². The van der Waals surface area contributed by atoms with E-state index >= 15 is 0 Å². The number of aryl methyl sites for hydroxylation is 1. The number of carbonyl (C=O) groups is 1. The van der Waals surface area contributed by atoms with Gasteiger partial charge < -0.3 is 5.32 Å². The number of hydrogen-bond acceptors (Lipinski definition) is 1. The van der Waals surface area contributed by atoms with E-state index in [0.717, 1.165) is 17.7 Å². The summed E-state index contributed by atoms with van der Waals surface area (Å²) in [4.78, 5) is 11.0. The molecule has 1 aliphatic heterocycles. The summed E-state index contributed by atoms with van der Waals surface area (Å²) in [7, 11) is 0. The first kappa shape index (κ1) is 10.8. The van der Waals surface area contributed by atoms with E-state index in [4.69, 9.17) is 0 Å². The average Bonchev–Trinajstić information content (AvgIpc) is 2.59. The van der Waals surface area contributed by atoms with Crippen molar-refractivity contribution in [2.24, 2.45) is 0 Å². The highest BCUT2D eigenvalue weighted by Crippen LogP contribution is 2.23. The topological polar surface area (TPSA) is 29.1 Å². The third kappa shape index (κ3) is 2.13. The highest BCUT2D eigenvalue weighted by Gasteiger charge is 2.16. The minimum absolute atomic E-state index is 0. The van der Waals surface area contributed by atoms with Gasteiger partial charge in [0.15, 0.2) is 0 Å². The first-order valence-electron chi connectivity index (χ1n) is 5.21. The van der Waals surface area contributed by atoms with Crippen LogP contribution in [-0.4, -0.2) is 5.91 Å². The van der Waals surface area contributed by atoms with Crippen molar-refractivity contribution in [2.45, 2.75) is 33.6 Å². The summed E-state index contributed by atoms with van der Waals surface area (Å²) in [5.74, 6) is 0.109. The summed E-state index contributed by atoms with van der Waals surface area (Å²) in [6.45, 7) is 6.12. The Labute approximate surface area is 86.8 Å². The van der Waals surface area contributed by atoms with Crippen LogP contribution in [0.15, 0.2) is 18.2 Å². The van der Waals surface area contributed by atoms with Crippen molar-refractivity contribution >= 4 is 11.6 Å². The highest BCUT2D eigenvalue weighted by molar-refractivity contribution is 5.99. The molecule has 1 aliphatic rings. The molecule has 0 aliphatic carbocycles. The number of carbonyl (C=O) groups excluding carboxylic acids is 1. The molecule has 0 unspecified atom stereocenters. The Kier molecular flexibility index (Phi) is 3.69. The van der Waals surface area contributed by atoms with E-state index in [1.807, 2.05) is 19.9 Å². The number of amides is 1. The van der Waals surface area contributed by atoms with E-state index in [2.05, 4.69) is 24.4 Å². The summed E-state index contributed by atoms with van der Waals surface area (Å²) in [5.41, 5.74) is 3.42. The first-order chi connectivity index (χ1) is 6.79. The highest BCUT2D eigenvalue weighted by atomic mass is 16.1. The summed E-state index contributed by atoms with van der Waals surface area (Å²) in [6, 6.07) is 6.15. The second kappa shape index (κ2) is 4.80. The molecule has 0 atom stereocenters. The molecule has 1 heterocycles. The Hall–Kier alpha value is -1.31. The SMILES string of the molecule is CC.CCc1ccc2c(c1)CC(=O)N2.[HH]. The van der Waals surface area contributed by atoms with Crippen LogP contribution in [0.4, 0.5) is 5.69 Å². The number of nitrogens with one attached hydrogen (secondary N) is 1. The fourth-order valence-electron chi connectivity index (χ4n) is 1.50. The smallest absolute Gasteiger partial charge is 0.228 e. The molecule has 2 heteroatoms. The molecule has 0 fully saturated rings. The Bertz CT molecular complexity index is 336. The van der Waals surface area contributed by atoms with E-state index < -0.39 is 0 Å². The van der Waals surface area contributed by atoms with E-state index in [1.165, 1.54) is 5.56 Å². The van der Waals surface area contributed by atoms with Gasteiger partial charge in [-0.05, 0) is 23.6 Å². The third-order valence-corrected chi connectivity index (χ3v) is 2.20. The lowest BCUT2D eigenvalue weighted by atomic mass is 10.1. The third-order valence-electron chi connectivity index (χ3n) is 2.20. The number of benzene rings is 1. The Morgan fingerprint density at radius 2 is 2.14 bits per heavy atom. The van der Waals surface area contributed by atoms with E-state index in [0.29, 0.717) is 6.42 Å². The van der Waals surface area contributed by atoms with Gasteiger partial charge in [-0.2, -0.15) is 0 Å². The van der Waals surface area contributed by atoms with Crippen molar-refractivity contribution in [1.29, 1.82) is 0 Å². The van der Waals surface area contributed by atoms with Gasteiger partial charge in [0, 0.05) is 7.11 Å². The Morgan fingerprint density at radius 1 is 1.43 bits per heavy atom. The lowest BCUT2D eigenvalue weighted by Crippen LogP contribution is -2.03. The molecule has 78 valence electrons. The van der Waals surface area contributed by atoms with Crippen LogP contribution in [0, 0.1) is 0 Å². The Morgan fingerprint density at radius 3 is 2.79 bits per heavy atom. The van der Waals surface area contributed by atoms with Gasteiger partial charge in [0.05, 0.1) is 6.42 Å². The quantitative estimate of drug-likeness (QED) is 0.729. The van der Waals surface area contributed by atoms with Gasteiger partial charge in [-0.15, -0.1) is 0 Å². The monoisotopic (exact) mass is 193 g/mol.